The average Bonchev–Trinajstić information content (AvgIpc) is 2.27. The zero-order valence-electron chi connectivity index (χ0n) is 8.42. The molecule has 0 amide bonds. The van der Waals surface area contributed by atoms with E-state index in [0.29, 0.717) is 0 Å². The Hall–Kier alpha value is -1.38. The van der Waals surface area contributed by atoms with Gasteiger partial charge < -0.3 is 4.57 Å². The third kappa shape index (κ3) is 1.11. The molecule has 0 aliphatic heterocycles. The van der Waals surface area contributed by atoms with Gasteiger partial charge in [0.05, 0.1) is 16.7 Å². The molecule has 0 aromatic carbocycles. The van der Waals surface area contributed by atoms with E-state index in [1.54, 1.807) is 0 Å². The molecule has 0 fully saturated rings. The highest BCUT2D eigenvalue weighted by Crippen LogP contribution is 2.19. The van der Waals surface area contributed by atoms with Crippen molar-refractivity contribution < 1.29 is 0 Å². The lowest BCUT2D eigenvalue weighted by atomic mass is 10.3. The highest BCUT2D eigenvalue weighted by molar-refractivity contribution is 5.81. The van der Waals surface area contributed by atoms with E-state index < -0.39 is 0 Å². The second-order valence-corrected chi connectivity index (χ2v) is 3.48. The number of hydrogen-bond acceptors (Lipinski definition) is 2. The Morgan fingerprint density at radius 2 is 1.85 bits per heavy atom. The van der Waals surface area contributed by atoms with Gasteiger partial charge >= 0.3 is 0 Å². The lowest BCUT2D eigenvalue weighted by Crippen LogP contribution is -1.95. The second-order valence-electron chi connectivity index (χ2n) is 3.48. The van der Waals surface area contributed by atoms with E-state index in [1.165, 1.54) is 5.56 Å². The van der Waals surface area contributed by atoms with Crippen LogP contribution in [0, 0.1) is 20.8 Å². The SMILES string of the molecule is Cc1nc(C)c2c(n1)c(C)cn2C. The van der Waals surface area contributed by atoms with Crippen LogP contribution in [0.3, 0.4) is 0 Å². The molecule has 0 radical (unpaired) electrons. The summed E-state index contributed by atoms with van der Waals surface area (Å²) < 4.78 is 2.08. The summed E-state index contributed by atoms with van der Waals surface area (Å²) in [6.45, 7) is 6.03. The summed E-state index contributed by atoms with van der Waals surface area (Å²) in [6, 6.07) is 0. The van der Waals surface area contributed by atoms with Crippen LogP contribution in [0.1, 0.15) is 17.1 Å². The predicted octanol–water partition coefficient (Wildman–Crippen LogP) is 1.89. The van der Waals surface area contributed by atoms with E-state index in [-0.39, 0.29) is 0 Å². The first-order valence-electron chi connectivity index (χ1n) is 4.36. The first-order valence-corrected chi connectivity index (χ1v) is 4.36. The molecule has 3 nitrogen and oxygen atoms in total. The van der Waals surface area contributed by atoms with Gasteiger partial charge in [0.1, 0.15) is 5.82 Å². The molecule has 0 atom stereocenters. The summed E-state index contributed by atoms with van der Waals surface area (Å²) in [5.74, 6) is 0.847. The minimum Gasteiger partial charge on any atom is -0.347 e. The highest BCUT2D eigenvalue weighted by atomic mass is 15.0. The van der Waals surface area contributed by atoms with Gasteiger partial charge in [-0.1, -0.05) is 0 Å². The van der Waals surface area contributed by atoms with E-state index in [0.717, 1.165) is 22.6 Å². The highest BCUT2D eigenvalue weighted by Gasteiger charge is 2.08. The molecule has 0 spiro atoms. The Labute approximate surface area is 77.4 Å². The van der Waals surface area contributed by atoms with E-state index in [9.17, 15) is 0 Å². The first kappa shape index (κ1) is 8.23. The molecule has 0 saturated heterocycles. The molecule has 0 aliphatic rings. The molecule has 2 aromatic rings. The number of aromatic nitrogens is 3. The second kappa shape index (κ2) is 2.55. The molecule has 0 bridgehead atoms. The Balaban J connectivity index is 2.97. The monoisotopic (exact) mass is 175 g/mol. The molecule has 0 saturated carbocycles. The number of hydrogen-bond donors (Lipinski definition) is 0. The molecule has 13 heavy (non-hydrogen) atoms. The summed E-state index contributed by atoms with van der Waals surface area (Å²) in [7, 11) is 2.03. The van der Waals surface area contributed by atoms with Crippen molar-refractivity contribution in [1.29, 1.82) is 0 Å². The fourth-order valence-electron chi connectivity index (χ4n) is 1.82. The third-order valence-corrected chi connectivity index (χ3v) is 2.28. The quantitative estimate of drug-likeness (QED) is 0.612. The lowest BCUT2D eigenvalue weighted by molar-refractivity contribution is 0.941. The molecule has 2 rings (SSSR count). The van der Waals surface area contributed by atoms with Gasteiger partial charge in [0, 0.05) is 13.2 Å². The van der Waals surface area contributed by atoms with Gasteiger partial charge in [0.2, 0.25) is 0 Å². The van der Waals surface area contributed by atoms with Crippen molar-refractivity contribution in [2.75, 3.05) is 0 Å². The molecule has 2 heterocycles. The van der Waals surface area contributed by atoms with Crippen LogP contribution in [-0.2, 0) is 7.05 Å². The summed E-state index contributed by atoms with van der Waals surface area (Å²) in [5, 5.41) is 0. The van der Waals surface area contributed by atoms with Crippen molar-refractivity contribution in [3.63, 3.8) is 0 Å². The molecular formula is C10H13N3. The van der Waals surface area contributed by atoms with Gasteiger partial charge in [-0.2, -0.15) is 0 Å². The zero-order valence-corrected chi connectivity index (χ0v) is 8.42. The van der Waals surface area contributed by atoms with Crippen molar-refractivity contribution in [3.8, 4) is 0 Å². The van der Waals surface area contributed by atoms with E-state index >= 15 is 0 Å². The normalized spacial score (nSPS) is 11.1. The molecule has 68 valence electrons. The Morgan fingerprint density at radius 3 is 2.54 bits per heavy atom. The minimum absolute atomic E-state index is 0.847. The standard InChI is InChI=1S/C10H13N3/c1-6-5-13(4)10-7(2)11-8(3)12-9(6)10/h5H,1-4H3. The van der Waals surface area contributed by atoms with Gasteiger partial charge in [0.15, 0.2) is 0 Å². The van der Waals surface area contributed by atoms with Crippen molar-refractivity contribution in [2.24, 2.45) is 7.05 Å². The number of fused-ring (bicyclic) bond motifs is 1. The van der Waals surface area contributed by atoms with Gasteiger partial charge in [-0.15, -0.1) is 0 Å². The van der Waals surface area contributed by atoms with Crippen molar-refractivity contribution in [3.05, 3.63) is 23.3 Å². The summed E-state index contributed by atoms with van der Waals surface area (Å²) in [4.78, 5) is 8.77. The molecular weight excluding hydrogens is 162 g/mol. The van der Waals surface area contributed by atoms with Gasteiger partial charge in [-0.25, -0.2) is 9.97 Å². The average molecular weight is 175 g/mol. The van der Waals surface area contributed by atoms with Gasteiger partial charge in [-0.3, -0.25) is 0 Å². The predicted molar refractivity (Wildman–Crippen MR) is 52.7 cm³/mol. The maximum absolute atomic E-state index is 4.42. The van der Waals surface area contributed by atoms with Crippen LogP contribution < -0.4 is 0 Å². The van der Waals surface area contributed by atoms with Crippen molar-refractivity contribution in [1.82, 2.24) is 14.5 Å². The Morgan fingerprint density at radius 1 is 1.15 bits per heavy atom. The fraction of sp³-hybridized carbons (Fsp3) is 0.400. The Bertz CT molecular complexity index is 468. The van der Waals surface area contributed by atoms with E-state index in [1.807, 2.05) is 20.9 Å². The molecule has 0 N–H and O–H groups in total. The molecule has 0 aliphatic carbocycles. The zero-order chi connectivity index (χ0) is 9.59. The van der Waals surface area contributed by atoms with Crippen LogP contribution in [0.2, 0.25) is 0 Å². The minimum atomic E-state index is 0.847. The molecule has 0 unspecified atom stereocenters. The number of aryl methyl sites for hydroxylation is 4. The number of rotatable bonds is 0. The lowest BCUT2D eigenvalue weighted by Gasteiger charge is -2.00. The summed E-state index contributed by atoms with van der Waals surface area (Å²) in [5.41, 5.74) is 4.49. The van der Waals surface area contributed by atoms with Crippen molar-refractivity contribution in [2.45, 2.75) is 20.8 Å². The van der Waals surface area contributed by atoms with Crippen LogP contribution >= 0.6 is 0 Å². The summed E-state index contributed by atoms with van der Waals surface area (Å²) >= 11 is 0. The molecule has 3 heteroatoms. The van der Waals surface area contributed by atoms with Crippen LogP contribution in [0.5, 0.6) is 0 Å². The Kier molecular flexibility index (Phi) is 1.62. The first-order chi connectivity index (χ1) is 6.09. The number of nitrogens with zero attached hydrogens (tertiary/aromatic N) is 3. The van der Waals surface area contributed by atoms with Crippen LogP contribution in [-0.4, -0.2) is 14.5 Å². The van der Waals surface area contributed by atoms with Gasteiger partial charge in [0.25, 0.3) is 0 Å². The van der Waals surface area contributed by atoms with Crippen LogP contribution in [0.4, 0.5) is 0 Å². The smallest absolute Gasteiger partial charge is 0.126 e. The fourth-order valence-corrected chi connectivity index (χ4v) is 1.82. The van der Waals surface area contributed by atoms with E-state index in [4.69, 9.17) is 0 Å². The maximum atomic E-state index is 4.42. The van der Waals surface area contributed by atoms with Gasteiger partial charge in [-0.05, 0) is 26.3 Å². The molecule has 2 aromatic heterocycles. The van der Waals surface area contributed by atoms with Crippen LogP contribution in [0.25, 0.3) is 11.0 Å². The summed E-state index contributed by atoms with van der Waals surface area (Å²) in [6.07, 6.45) is 2.09. The maximum Gasteiger partial charge on any atom is 0.126 e. The van der Waals surface area contributed by atoms with Crippen LogP contribution in [0.15, 0.2) is 6.20 Å². The van der Waals surface area contributed by atoms with Crippen molar-refractivity contribution >= 4 is 11.0 Å². The third-order valence-electron chi connectivity index (χ3n) is 2.28. The van der Waals surface area contributed by atoms with E-state index in [2.05, 4.69) is 27.7 Å². The largest absolute Gasteiger partial charge is 0.347 e. The topological polar surface area (TPSA) is 30.7 Å².